The second-order valence-corrected chi connectivity index (χ2v) is 8.46. The molecule has 1 fully saturated rings. The van der Waals surface area contributed by atoms with Gasteiger partial charge in [0.1, 0.15) is 5.15 Å². The summed E-state index contributed by atoms with van der Waals surface area (Å²) in [6.45, 7) is 4.01. The maximum atomic E-state index is 11.5. The van der Waals surface area contributed by atoms with Crippen LogP contribution in [-0.4, -0.2) is 36.9 Å². The van der Waals surface area contributed by atoms with Gasteiger partial charge in [-0.3, -0.25) is 10.1 Å². The minimum atomic E-state index is -0.277. The number of hydrogen-bond acceptors (Lipinski definition) is 6. The van der Waals surface area contributed by atoms with Crippen LogP contribution in [0.25, 0.3) is 0 Å². The maximum Gasteiger partial charge on any atom is 0.308 e. The molecular formula is C13H16ClIN4O2S. The third-order valence-corrected chi connectivity index (χ3v) is 5.86. The minimum Gasteiger partial charge on any atom is -0.364 e. The molecule has 9 heteroatoms. The van der Waals surface area contributed by atoms with Crippen molar-refractivity contribution in [3.05, 3.63) is 50.7 Å². The second kappa shape index (κ2) is 8.21. The van der Waals surface area contributed by atoms with E-state index in [0.717, 1.165) is 17.9 Å². The van der Waals surface area contributed by atoms with Gasteiger partial charge in [-0.05, 0) is 17.4 Å². The zero-order valence-electron chi connectivity index (χ0n) is 12.0. The van der Waals surface area contributed by atoms with Crippen LogP contribution in [0, 0.1) is 10.1 Å². The van der Waals surface area contributed by atoms with E-state index in [4.69, 9.17) is 11.6 Å². The molecule has 1 aromatic rings. The molecule has 0 aliphatic carbocycles. The smallest absolute Gasteiger partial charge is 0.308 e. The summed E-state index contributed by atoms with van der Waals surface area (Å²) in [7, 11) is 0. The van der Waals surface area contributed by atoms with Crippen LogP contribution >= 0.6 is 46.0 Å². The maximum absolute atomic E-state index is 11.5. The first-order valence-corrected chi connectivity index (χ1v) is 9.43. The summed E-state index contributed by atoms with van der Waals surface area (Å²) in [6, 6.07) is 3.62. The zero-order chi connectivity index (χ0) is 16.1. The van der Waals surface area contributed by atoms with Crippen molar-refractivity contribution in [2.75, 3.05) is 18.8 Å². The predicted molar refractivity (Wildman–Crippen MR) is 97.6 cm³/mol. The van der Waals surface area contributed by atoms with Gasteiger partial charge in [-0.2, -0.15) is 0 Å². The quantitative estimate of drug-likeness (QED) is 0.234. The number of pyridine rings is 1. The van der Waals surface area contributed by atoms with Gasteiger partial charge in [-0.15, -0.1) is 11.8 Å². The van der Waals surface area contributed by atoms with E-state index in [1.54, 1.807) is 24.0 Å². The van der Waals surface area contributed by atoms with Crippen LogP contribution in [0.1, 0.15) is 12.5 Å². The summed E-state index contributed by atoms with van der Waals surface area (Å²) < 4.78 is -0.191. The number of aromatic nitrogens is 1. The lowest BCUT2D eigenvalue weighted by Crippen LogP contribution is -2.26. The molecule has 1 unspecified atom stereocenters. The number of alkyl halides is 1. The van der Waals surface area contributed by atoms with Crippen molar-refractivity contribution < 1.29 is 4.92 Å². The van der Waals surface area contributed by atoms with E-state index >= 15 is 0 Å². The molecule has 1 aliphatic heterocycles. The van der Waals surface area contributed by atoms with Gasteiger partial charge in [0.05, 0.1) is 4.92 Å². The fourth-order valence-corrected chi connectivity index (χ4v) is 4.53. The highest BCUT2D eigenvalue weighted by molar-refractivity contribution is 14.1. The number of hydrogen-bond donors (Lipinski definition) is 1. The SMILES string of the molecule is CCSC(I)C(=C1NCCN1Cc1ccc(Cl)nc1)[N+](=O)[O-]. The molecule has 2 heterocycles. The van der Waals surface area contributed by atoms with Crippen LogP contribution in [0.15, 0.2) is 29.8 Å². The summed E-state index contributed by atoms with van der Waals surface area (Å²) in [5.41, 5.74) is 1.20. The molecule has 0 amide bonds. The van der Waals surface area contributed by atoms with Crippen LogP contribution in [0.5, 0.6) is 0 Å². The van der Waals surface area contributed by atoms with Crippen molar-refractivity contribution in [3.8, 4) is 0 Å². The summed E-state index contributed by atoms with van der Waals surface area (Å²) in [5.74, 6) is 1.44. The van der Waals surface area contributed by atoms with E-state index in [0.29, 0.717) is 24.1 Å². The monoisotopic (exact) mass is 454 g/mol. The highest BCUT2D eigenvalue weighted by atomic mass is 127. The van der Waals surface area contributed by atoms with Crippen molar-refractivity contribution in [1.82, 2.24) is 15.2 Å². The molecule has 1 aliphatic rings. The molecule has 0 spiro atoms. The molecule has 6 nitrogen and oxygen atoms in total. The van der Waals surface area contributed by atoms with Crippen molar-refractivity contribution in [1.29, 1.82) is 0 Å². The Morgan fingerprint density at radius 2 is 2.45 bits per heavy atom. The lowest BCUT2D eigenvalue weighted by Gasteiger charge is -2.20. The molecule has 2 rings (SSSR count). The van der Waals surface area contributed by atoms with Crippen molar-refractivity contribution >= 4 is 46.0 Å². The Bertz CT molecular complexity index is 570. The van der Waals surface area contributed by atoms with Gasteiger partial charge in [0.2, 0.25) is 0 Å². The zero-order valence-corrected chi connectivity index (χ0v) is 15.7. The van der Waals surface area contributed by atoms with Crippen molar-refractivity contribution in [2.24, 2.45) is 0 Å². The number of thioether (sulfide) groups is 1. The molecule has 120 valence electrons. The highest BCUT2D eigenvalue weighted by Crippen LogP contribution is 2.30. The van der Waals surface area contributed by atoms with Crippen LogP contribution in [-0.2, 0) is 6.54 Å². The molecule has 1 atom stereocenters. The Balaban J connectivity index is 2.24. The Labute approximate surface area is 152 Å². The summed E-state index contributed by atoms with van der Waals surface area (Å²) in [4.78, 5) is 17.2. The average molecular weight is 455 g/mol. The van der Waals surface area contributed by atoms with Crippen LogP contribution in [0.2, 0.25) is 5.15 Å². The summed E-state index contributed by atoms with van der Waals surface area (Å²) in [6.07, 6.45) is 1.70. The van der Waals surface area contributed by atoms with Crippen LogP contribution in [0.3, 0.4) is 0 Å². The Morgan fingerprint density at radius 3 is 3.05 bits per heavy atom. The minimum absolute atomic E-state index is 0.191. The molecule has 1 saturated heterocycles. The Hall–Kier alpha value is -0.740. The first-order chi connectivity index (χ1) is 10.5. The fourth-order valence-electron chi connectivity index (χ4n) is 2.17. The molecule has 0 saturated carbocycles. The normalized spacial score (nSPS) is 18.0. The molecule has 22 heavy (non-hydrogen) atoms. The summed E-state index contributed by atoms with van der Waals surface area (Å²) >= 11 is 9.46. The third-order valence-electron chi connectivity index (χ3n) is 3.12. The van der Waals surface area contributed by atoms with E-state index in [2.05, 4.69) is 32.9 Å². The van der Waals surface area contributed by atoms with Gasteiger partial charge in [0.25, 0.3) is 0 Å². The van der Waals surface area contributed by atoms with Crippen molar-refractivity contribution in [3.63, 3.8) is 0 Å². The van der Waals surface area contributed by atoms with Gasteiger partial charge < -0.3 is 10.2 Å². The van der Waals surface area contributed by atoms with Gasteiger partial charge >= 0.3 is 5.70 Å². The van der Waals surface area contributed by atoms with E-state index in [-0.39, 0.29) is 13.9 Å². The predicted octanol–water partition coefficient (Wildman–Crippen LogP) is 3.10. The average Bonchev–Trinajstić information content (AvgIpc) is 2.89. The topological polar surface area (TPSA) is 71.3 Å². The van der Waals surface area contributed by atoms with E-state index < -0.39 is 0 Å². The van der Waals surface area contributed by atoms with Crippen molar-refractivity contribution in [2.45, 2.75) is 16.7 Å². The highest BCUT2D eigenvalue weighted by Gasteiger charge is 2.33. The number of nitro groups is 1. The number of nitrogens with one attached hydrogen (secondary N) is 1. The second-order valence-electron chi connectivity index (χ2n) is 4.60. The third kappa shape index (κ3) is 4.39. The van der Waals surface area contributed by atoms with E-state index in [9.17, 15) is 10.1 Å². The molecule has 0 aromatic carbocycles. The van der Waals surface area contributed by atoms with Gasteiger partial charge in [0.15, 0.2) is 9.08 Å². The summed E-state index contributed by atoms with van der Waals surface area (Å²) in [5, 5.41) is 15.1. The van der Waals surface area contributed by atoms with Gasteiger partial charge in [-0.1, -0.05) is 47.2 Å². The van der Waals surface area contributed by atoms with E-state index in [1.165, 1.54) is 0 Å². The Morgan fingerprint density at radius 1 is 1.68 bits per heavy atom. The molecule has 1 aromatic heterocycles. The molecular weight excluding hydrogens is 439 g/mol. The number of nitrogens with zero attached hydrogens (tertiary/aromatic N) is 3. The molecule has 0 bridgehead atoms. The number of halogens is 2. The largest absolute Gasteiger partial charge is 0.364 e. The van der Waals surface area contributed by atoms with Gasteiger partial charge in [-0.25, -0.2) is 4.98 Å². The molecule has 0 radical (unpaired) electrons. The van der Waals surface area contributed by atoms with E-state index in [1.807, 2.05) is 17.9 Å². The lowest BCUT2D eigenvalue weighted by molar-refractivity contribution is -0.426. The van der Waals surface area contributed by atoms with Crippen LogP contribution in [0.4, 0.5) is 0 Å². The first-order valence-electron chi connectivity index (χ1n) is 6.76. The van der Waals surface area contributed by atoms with Gasteiger partial charge in [0, 0.05) is 25.8 Å². The number of rotatable bonds is 6. The lowest BCUT2D eigenvalue weighted by atomic mass is 10.2. The van der Waals surface area contributed by atoms with Crippen LogP contribution < -0.4 is 5.32 Å². The first kappa shape index (κ1) is 17.6. The molecule has 1 N–H and O–H groups in total. The fraction of sp³-hybridized carbons (Fsp3) is 0.462. The Kier molecular flexibility index (Phi) is 6.57. The standard InChI is InChI=1S/C13H16ClIN4O2S/c1-2-22-12(15)11(19(20)21)13-16-5-6-18(13)8-9-3-4-10(14)17-7-9/h3-4,7,12,16H,2,5-6,8H2,1H3.